The van der Waals surface area contributed by atoms with Crippen molar-refractivity contribution in [3.63, 3.8) is 0 Å². The zero-order valence-corrected chi connectivity index (χ0v) is 19.2. The normalized spacial score (nSPS) is 17.6. The van der Waals surface area contributed by atoms with Crippen LogP contribution in [-0.2, 0) is 16.0 Å². The van der Waals surface area contributed by atoms with E-state index in [4.69, 9.17) is 4.74 Å². The molecule has 2 atom stereocenters. The van der Waals surface area contributed by atoms with Gasteiger partial charge in [-0.3, -0.25) is 9.59 Å². The van der Waals surface area contributed by atoms with Crippen LogP contribution in [0.4, 0.5) is 23.2 Å². The molecule has 0 radical (unpaired) electrons. The quantitative estimate of drug-likeness (QED) is 0.426. The largest absolute Gasteiger partial charge is 0.457 e. The number of ether oxygens (including phenoxy) is 1. The summed E-state index contributed by atoms with van der Waals surface area (Å²) in [5, 5.41) is 3.06. The summed E-state index contributed by atoms with van der Waals surface area (Å²) in [6.07, 6.45) is -5.41. The van der Waals surface area contributed by atoms with E-state index in [9.17, 15) is 27.2 Å². The number of hydrogen-bond acceptors (Lipinski definition) is 4. The van der Waals surface area contributed by atoms with Crippen LogP contribution in [0.15, 0.2) is 78.9 Å². The molecule has 1 saturated heterocycles. The van der Waals surface area contributed by atoms with Gasteiger partial charge in [-0.15, -0.1) is 0 Å². The molecule has 9 heteroatoms. The summed E-state index contributed by atoms with van der Waals surface area (Å²) in [5.74, 6) is -1.75. The zero-order valence-electron chi connectivity index (χ0n) is 19.2. The van der Waals surface area contributed by atoms with E-state index in [0.717, 1.165) is 5.56 Å². The number of carbonyl (C=O) groups is 2. The minimum absolute atomic E-state index is 0.00835. The topological polar surface area (TPSA) is 58.6 Å². The Balaban J connectivity index is 1.50. The monoisotopic (exact) mass is 500 g/mol. The van der Waals surface area contributed by atoms with Crippen LogP contribution < -0.4 is 15.0 Å². The highest BCUT2D eigenvalue weighted by atomic mass is 19.4. The minimum atomic E-state index is -4.76. The molecule has 0 saturated carbocycles. The van der Waals surface area contributed by atoms with Crippen molar-refractivity contribution in [3.05, 3.63) is 90.2 Å². The lowest BCUT2D eigenvalue weighted by Crippen LogP contribution is -2.48. The molecule has 1 fully saturated rings. The zero-order chi connectivity index (χ0) is 25.7. The number of nitrogens with zero attached hydrogens (tertiary/aromatic N) is 1. The van der Waals surface area contributed by atoms with Gasteiger partial charge in [0.15, 0.2) is 0 Å². The lowest BCUT2D eigenvalue weighted by atomic mass is 9.96. The number of anilines is 1. The molecule has 4 rings (SSSR count). The van der Waals surface area contributed by atoms with Crippen molar-refractivity contribution < 1.29 is 31.9 Å². The molecule has 188 valence electrons. The van der Waals surface area contributed by atoms with Gasteiger partial charge in [0.25, 0.3) is 5.91 Å². The summed E-state index contributed by atoms with van der Waals surface area (Å²) in [6.45, 7) is 0.511. The number of alkyl halides is 3. The van der Waals surface area contributed by atoms with Gasteiger partial charge in [-0.05, 0) is 79.4 Å². The summed E-state index contributed by atoms with van der Waals surface area (Å²) in [6, 6.07) is 19.8. The van der Waals surface area contributed by atoms with Gasteiger partial charge in [0.2, 0.25) is 5.91 Å². The highest BCUT2D eigenvalue weighted by Crippen LogP contribution is 2.29. The smallest absolute Gasteiger partial charge is 0.397 e. The van der Waals surface area contributed by atoms with Crippen LogP contribution in [0.2, 0.25) is 0 Å². The van der Waals surface area contributed by atoms with Gasteiger partial charge in [0, 0.05) is 0 Å². The number of halogens is 4. The molecule has 3 aromatic carbocycles. The molecule has 0 aliphatic carbocycles. The lowest BCUT2D eigenvalue weighted by Gasteiger charge is -2.25. The Morgan fingerprint density at radius 2 is 1.53 bits per heavy atom. The summed E-state index contributed by atoms with van der Waals surface area (Å²) >= 11 is 0. The minimum Gasteiger partial charge on any atom is -0.457 e. The maximum atomic E-state index is 13.3. The first-order valence-electron chi connectivity index (χ1n) is 11.4. The molecule has 5 nitrogen and oxygen atoms in total. The van der Waals surface area contributed by atoms with Crippen LogP contribution in [0.5, 0.6) is 11.5 Å². The number of benzene rings is 3. The number of imide groups is 1. The van der Waals surface area contributed by atoms with Gasteiger partial charge >= 0.3 is 6.18 Å². The fraction of sp³-hybridized carbons (Fsp3) is 0.259. The SMILES string of the molecule is O=C(CC(F)(F)F)N(C(=O)[C@@H]1C[C@@H](Cc2ccccc2)CN1)c1ccc(Oc2ccc(F)cc2)cc1. The molecule has 2 amide bonds. The molecule has 0 bridgehead atoms. The highest BCUT2D eigenvalue weighted by molar-refractivity contribution is 6.16. The van der Waals surface area contributed by atoms with Crippen molar-refractivity contribution in [2.75, 3.05) is 11.4 Å². The predicted molar refractivity (Wildman–Crippen MR) is 126 cm³/mol. The van der Waals surface area contributed by atoms with E-state index in [1.54, 1.807) is 0 Å². The maximum absolute atomic E-state index is 13.3. The molecule has 1 aliphatic rings. The standard InChI is InChI=1S/C27H24F4N2O3/c28-20-6-10-22(11-7-20)36-23-12-8-21(9-13-23)33(25(34)16-27(29,30)31)26(35)24-15-19(17-32-24)14-18-4-2-1-3-5-18/h1-13,19,24,32H,14-17H2/t19-,24+/m1/s1. The fourth-order valence-corrected chi connectivity index (χ4v) is 4.20. The van der Waals surface area contributed by atoms with E-state index in [2.05, 4.69) is 5.32 Å². The van der Waals surface area contributed by atoms with E-state index < -0.39 is 36.3 Å². The first-order chi connectivity index (χ1) is 17.2. The molecule has 0 aromatic heterocycles. The van der Waals surface area contributed by atoms with Crippen LogP contribution in [0.3, 0.4) is 0 Å². The lowest BCUT2D eigenvalue weighted by molar-refractivity contribution is -0.152. The molecule has 3 aromatic rings. The van der Waals surface area contributed by atoms with Gasteiger partial charge in [0.05, 0.1) is 11.7 Å². The third-order valence-electron chi connectivity index (χ3n) is 5.85. The van der Waals surface area contributed by atoms with Crippen molar-refractivity contribution >= 4 is 17.5 Å². The second-order valence-electron chi connectivity index (χ2n) is 8.66. The van der Waals surface area contributed by atoms with Crippen molar-refractivity contribution in [3.8, 4) is 11.5 Å². The molecule has 1 aliphatic heterocycles. The number of carbonyl (C=O) groups excluding carboxylic acids is 2. The third-order valence-corrected chi connectivity index (χ3v) is 5.85. The first-order valence-corrected chi connectivity index (χ1v) is 11.4. The molecule has 1 N–H and O–H groups in total. The number of nitrogens with one attached hydrogen (secondary N) is 1. The molecule has 0 unspecified atom stereocenters. The van der Waals surface area contributed by atoms with Crippen LogP contribution in [0.25, 0.3) is 0 Å². The molecule has 1 heterocycles. The van der Waals surface area contributed by atoms with Gasteiger partial charge in [-0.1, -0.05) is 30.3 Å². The van der Waals surface area contributed by atoms with E-state index in [1.165, 1.54) is 48.5 Å². The summed E-state index contributed by atoms with van der Waals surface area (Å²) < 4.78 is 57.8. The van der Waals surface area contributed by atoms with E-state index >= 15 is 0 Å². The Labute approximate surface area is 205 Å². The Bertz CT molecular complexity index is 1180. The fourth-order valence-electron chi connectivity index (χ4n) is 4.20. The molecule has 0 spiro atoms. The Morgan fingerprint density at radius 3 is 2.14 bits per heavy atom. The Morgan fingerprint density at radius 1 is 0.917 bits per heavy atom. The van der Waals surface area contributed by atoms with Crippen molar-refractivity contribution in [1.82, 2.24) is 5.32 Å². The van der Waals surface area contributed by atoms with Crippen LogP contribution in [0, 0.1) is 11.7 Å². The van der Waals surface area contributed by atoms with Crippen LogP contribution in [-0.4, -0.2) is 30.6 Å². The third kappa shape index (κ3) is 6.69. The van der Waals surface area contributed by atoms with Crippen molar-refractivity contribution in [2.24, 2.45) is 5.92 Å². The number of rotatable bonds is 7. The van der Waals surface area contributed by atoms with Gasteiger partial charge in [0.1, 0.15) is 23.7 Å². The van der Waals surface area contributed by atoms with Gasteiger partial charge in [-0.2, -0.15) is 13.2 Å². The van der Waals surface area contributed by atoms with E-state index in [1.807, 2.05) is 30.3 Å². The second kappa shape index (κ2) is 10.9. The summed E-state index contributed by atoms with van der Waals surface area (Å²) in [4.78, 5) is 26.5. The predicted octanol–water partition coefficient (Wildman–Crippen LogP) is 5.65. The van der Waals surface area contributed by atoms with Crippen molar-refractivity contribution in [1.29, 1.82) is 0 Å². The Kier molecular flexibility index (Phi) is 7.69. The highest BCUT2D eigenvalue weighted by Gasteiger charge is 2.40. The van der Waals surface area contributed by atoms with E-state index in [0.29, 0.717) is 35.8 Å². The van der Waals surface area contributed by atoms with Gasteiger partial charge in [-0.25, -0.2) is 9.29 Å². The summed E-state index contributed by atoms with van der Waals surface area (Å²) in [5.41, 5.74) is 1.10. The molecule has 36 heavy (non-hydrogen) atoms. The number of amides is 2. The molecular weight excluding hydrogens is 476 g/mol. The van der Waals surface area contributed by atoms with Crippen molar-refractivity contribution in [2.45, 2.75) is 31.5 Å². The average molecular weight is 500 g/mol. The summed E-state index contributed by atoms with van der Waals surface area (Å²) in [7, 11) is 0. The maximum Gasteiger partial charge on any atom is 0.397 e. The van der Waals surface area contributed by atoms with Crippen LogP contribution >= 0.6 is 0 Å². The number of hydrogen-bond donors (Lipinski definition) is 1. The average Bonchev–Trinajstić information content (AvgIpc) is 3.30. The van der Waals surface area contributed by atoms with Crippen LogP contribution in [0.1, 0.15) is 18.4 Å². The second-order valence-corrected chi connectivity index (χ2v) is 8.66. The Hall–Kier alpha value is -3.72. The van der Waals surface area contributed by atoms with E-state index in [-0.39, 0.29) is 11.6 Å². The molecular formula is C27H24F4N2O3. The first kappa shape index (κ1) is 25.4. The van der Waals surface area contributed by atoms with Gasteiger partial charge < -0.3 is 10.1 Å².